The monoisotopic (exact) mass is 518 g/mol. The number of rotatable bonds is 9. The lowest BCUT2D eigenvalue weighted by Gasteiger charge is -2.50. The number of β-lactam (4-membered cyclic amide) rings is 1. The summed E-state index contributed by atoms with van der Waals surface area (Å²) >= 11 is 0. The van der Waals surface area contributed by atoms with E-state index in [2.05, 4.69) is 40.4 Å². The van der Waals surface area contributed by atoms with Crippen molar-refractivity contribution < 1.29 is 28.7 Å². The molecule has 9 heteroatoms. The Labute approximate surface area is 216 Å². The van der Waals surface area contributed by atoms with Crippen molar-refractivity contribution in [1.82, 2.24) is 9.80 Å². The van der Waals surface area contributed by atoms with Crippen LogP contribution in [0.1, 0.15) is 53.4 Å². The Balaban J connectivity index is 1.87. The lowest BCUT2D eigenvalue weighted by Crippen LogP contribution is -2.63. The highest BCUT2D eigenvalue weighted by Crippen LogP contribution is 2.50. The van der Waals surface area contributed by atoms with E-state index in [0.29, 0.717) is 25.1 Å². The number of nitrogens with zero attached hydrogens (tertiary/aromatic N) is 2. The minimum absolute atomic E-state index is 0.00768. The van der Waals surface area contributed by atoms with E-state index in [9.17, 15) is 19.5 Å². The number of carbonyl (C=O) groups is 3. The van der Waals surface area contributed by atoms with Gasteiger partial charge in [0.2, 0.25) is 5.91 Å². The van der Waals surface area contributed by atoms with Gasteiger partial charge in [0.25, 0.3) is 0 Å². The van der Waals surface area contributed by atoms with Gasteiger partial charge < -0.3 is 24.1 Å². The maximum atomic E-state index is 13.4. The van der Waals surface area contributed by atoms with Gasteiger partial charge in [-0.3, -0.25) is 4.79 Å². The van der Waals surface area contributed by atoms with Crippen molar-refractivity contribution in [2.75, 3.05) is 19.8 Å². The second-order valence-electron chi connectivity index (χ2n) is 11.5. The highest BCUT2D eigenvalue weighted by molar-refractivity contribution is 6.48. The molecule has 36 heavy (non-hydrogen) atoms. The number of fused-ring (bicyclic) bond motifs is 1. The molecule has 0 aromatic carbocycles. The van der Waals surface area contributed by atoms with Crippen molar-refractivity contribution in [2.24, 2.45) is 17.3 Å². The molecule has 0 aliphatic carbocycles. The molecule has 0 radical (unpaired) electrons. The predicted molar refractivity (Wildman–Crippen MR) is 141 cm³/mol. The predicted octanol–water partition coefficient (Wildman–Crippen LogP) is 4.34. The van der Waals surface area contributed by atoms with Gasteiger partial charge in [0.1, 0.15) is 12.3 Å². The van der Waals surface area contributed by atoms with E-state index < -0.39 is 15.0 Å². The third-order valence-corrected chi connectivity index (χ3v) is 8.45. The Morgan fingerprint density at radius 3 is 2.56 bits per heavy atom. The highest BCUT2D eigenvalue weighted by Gasteiger charge is 2.59. The smallest absolute Gasteiger partial charge is 0.410 e. The molecule has 3 aliphatic heterocycles. The first-order chi connectivity index (χ1) is 16.9. The summed E-state index contributed by atoms with van der Waals surface area (Å²) < 4.78 is 11.3. The van der Waals surface area contributed by atoms with Gasteiger partial charge in [-0.05, 0) is 68.2 Å². The van der Waals surface area contributed by atoms with Crippen molar-refractivity contribution >= 4 is 27.0 Å². The van der Waals surface area contributed by atoms with Crippen molar-refractivity contribution in [3.05, 3.63) is 35.6 Å². The Morgan fingerprint density at radius 1 is 1.28 bits per heavy atom. The van der Waals surface area contributed by atoms with Crippen LogP contribution in [-0.2, 0) is 18.8 Å². The van der Waals surface area contributed by atoms with Gasteiger partial charge in [0, 0.05) is 13.2 Å². The highest BCUT2D eigenvalue weighted by atomic mass is 28.3. The molecule has 3 rings (SSSR count). The molecular weight excluding hydrogens is 476 g/mol. The second-order valence-corrected chi connectivity index (χ2v) is 13.9. The Bertz CT molecular complexity index is 950. The SMILES string of the molecule is C=CCOC(=O)N1CCCCC1C=C(C)C1=C(C(=O)O)N2C(=O)[C@@H]([C@@H](CO[SiH](C)C)C(C)(C)C)[C@H]2C1. The summed E-state index contributed by atoms with van der Waals surface area (Å²) in [5.41, 5.74) is 1.42. The first-order valence-electron chi connectivity index (χ1n) is 13.0. The lowest BCUT2D eigenvalue weighted by atomic mass is 9.66. The van der Waals surface area contributed by atoms with Crippen molar-refractivity contribution in [3.8, 4) is 0 Å². The van der Waals surface area contributed by atoms with Crippen LogP contribution in [0.4, 0.5) is 4.79 Å². The van der Waals surface area contributed by atoms with Crippen molar-refractivity contribution in [2.45, 2.75) is 78.6 Å². The maximum Gasteiger partial charge on any atom is 0.410 e. The Morgan fingerprint density at radius 2 is 1.97 bits per heavy atom. The quantitative estimate of drug-likeness (QED) is 0.277. The van der Waals surface area contributed by atoms with Crippen molar-refractivity contribution in [3.63, 3.8) is 0 Å². The topological polar surface area (TPSA) is 96.4 Å². The second kappa shape index (κ2) is 11.3. The molecule has 0 bridgehead atoms. The Kier molecular flexibility index (Phi) is 8.87. The molecule has 2 fully saturated rings. The first-order valence-corrected chi connectivity index (χ1v) is 15.8. The van der Waals surface area contributed by atoms with Gasteiger partial charge in [-0.15, -0.1) is 0 Å². The fourth-order valence-corrected chi connectivity index (χ4v) is 6.27. The summed E-state index contributed by atoms with van der Waals surface area (Å²) in [5.74, 6) is -1.47. The minimum Gasteiger partial charge on any atom is -0.477 e. The van der Waals surface area contributed by atoms with Gasteiger partial charge in [-0.25, -0.2) is 9.59 Å². The molecule has 0 aromatic rings. The zero-order valence-corrected chi connectivity index (χ0v) is 23.7. The third-order valence-electron chi connectivity index (χ3n) is 7.59. The summed E-state index contributed by atoms with van der Waals surface area (Å²) in [6, 6.07) is -0.353. The molecule has 2 saturated heterocycles. The minimum atomic E-state index is -1.26. The van der Waals surface area contributed by atoms with Gasteiger partial charge in [-0.2, -0.15) is 0 Å². The molecule has 8 nitrogen and oxygen atoms in total. The number of carboxylic acid groups (broad SMARTS) is 1. The van der Waals surface area contributed by atoms with Gasteiger partial charge >= 0.3 is 12.1 Å². The number of carbonyl (C=O) groups excluding carboxylic acids is 2. The van der Waals surface area contributed by atoms with E-state index in [1.54, 1.807) is 4.90 Å². The number of allylic oxidation sites excluding steroid dienone is 1. The lowest BCUT2D eigenvalue weighted by molar-refractivity contribution is -0.162. The molecule has 0 aromatic heterocycles. The fraction of sp³-hybridized carbons (Fsp3) is 0.667. The van der Waals surface area contributed by atoms with Gasteiger partial charge in [0.15, 0.2) is 9.04 Å². The number of amides is 2. The fourth-order valence-electron chi connectivity index (χ4n) is 5.68. The zero-order valence-electron chi connectivity index (χ0n) is 22.6. The van der Waals surface area contributed by atoms with Crippen LogP contribution in [-0.4, -0.2) is 73.8 Å². The van der Waals surface area contributed by atoms with Crippen LogP contribution >= 0.6 is 0 Å². The molecule has 0 saturated carbocycles. The number of piperidine rings is 1. The average Bonchev–Trinajstić information content (AvgIpc) is 3.15. The van der Waals surface area contributed by atoms with Crippen LogP contribution in [0.25, 0.3) is 0 Å². The van der Waals surface area contributed by atoms with Crippen LogP contribution < -0.4 is 0 Å². The molecule has 200 valence electrons. The van der Waals surface area contributed by atoms with E-state index in [4.69, 9.17) is 9.16 Å². The van der Waals surface area contributed by atoms with Crippen LogP contribution in [0.5, 0.6) is 0 Å². The van der Waals surface area contributed by atoms with Crippen LogP contribution in [0, 0.1) is 17.3 Å². The number of likely N-dealkylation sites (tertiary alicyclic amines) is 1. The van der Waals surface area contributed by atoms with Gasteiger partial charge in [0.05, 0.1) is 18.0 Å². The number of aliphatic carboxylic acids is 1. The standard InChI is InChI=1S/C27H42N2O6Si/c1-8-13-34-26(33)28-12-10-9-11-18(28)14-17(2)19-15-21-22(24(30)29(21)23(19)25(31)32)20(27(3,4)5)16-35-36(6)7/h8,14,18,20-22,36H,1,9-13,15-16H2,2-7H3,(H,31,32)/t18?,20-,21-,22+/m1/s1. The molecular formula is C27H42N2O6Si. The Hall–Kier alpha value is -2.39. The van der Waals surface area contributed by atoms with Crippen LogP contribution in [0.2, 0.25) is 13.1 Å². The molecule has 1 unspecified atom stereocenters. The molecule has 1 N–H and O–H groups in total. The van der Waals surface area contributed by atoms with E-state index in [1.807, 2.05) is 13.0 Å². The normalized spacial score (nSPS) is 25.6. The summed E-state index contributed by atoms with van der Waals surface area (Å²) in [6.45, 7) is 17.3. The summed E-state index contributed by atoms with van der Waals surface area (Å²) in [6.07, 6.45) is 6.30. The summed E-state index contributed by atoms with van der Waals surface area (Å²) in [5, 5.41) is 10.1. The van der Waals surface area contributed by atoms with Gasteiger partial charge in [-0.1, -0.05) is 39.5 Å². The number of carboxylic acids is 1. The summed E-state index contributed by atoms with van der Waals surface area (Å²) in [7, 11) is -1.26. The molecule has 4 atom stereocenters. The van der Waals surface area contributed by atoms with Crippen LogP contribution in [0.15, 0.2) is 35.6 Å². The number of ether oxygens (including phenoxy) is 1. The molecule has 3 heterocycles. The molecule has 0 spiro atoms. The van der Waals surface area contributed by atoms with Crippen LogP contribution in [0.3, 0.4) is 0 Å². The van der Waals surface area contributed by atoms with E-state index in [1.165, 1.54) is 11.0 Å². The van der Waals surface area contributed by atoms with E-state index in [-0.39, 0.29) is 53.6 Å². The summed E-state index contributed by atoms with van der Waals surface area (Å²) in [4.78, 5) is 41.5. The molecule has 3 aliphatic rings. The zero-order chi connectivity index (χ0) is 26.8. The van der Waals surface area contributed by atoms with E-state index in [0.717, 1.165) is 24.8 Å². The number of hydrogen-bond donors (Lipinski definition) is 1. The molecule has 2 amide bonds. The third kappa shape index (κ3) is 5.77. The van der Waals surface area contributed by atoms with E-state index >= 15 is 0 Å². The largest absolute Gasteiger partial charge is 0.477 e. The number of hydrogen-bond acceptors (Lipinski definition) is 5. The van der Waals surface area contributed by atoms with Crippen molar-refractivity contribution in [1.29, 1.82) is 0 Å². The average molecular weight is 519 g/mol. The first kappa shape index (κ1) is 28.2. The maximum absolute atomic E-state index is 13.4.